The Kier molecular flexibility index (Phi) is 3.79. The van der Waals surface area contributed by atoms with Crippen molar-refractivity contribution in [2.45, 2.75) is 43.9 Å². The zero-order chi connectivity index (χ0) is 17.5. The lowest BCUT2D eigenvalue weighted by Gasteiger charge is -2.29. The van der Waals surface area contributed by atoms with E-state index in [1.54, 1.807) is 0 Å². The van der Waals surface area contributed by atoms with Crippen LogP contribution < -0.4 is 15.7 Å². The van der Waals surface area contributed by atoms with Crippen molar-refractivity contribution in [2.24, 2.45) is 0 Å². The Morgan fingerprint density at radius 1 is 0.962 bits per heavy atom. The van der Waals surface area contributed by atoms with E-state index in [1.165, 1.54) is 12.8 Å². The number of piperidine rings is 1. The van der Waals surface area contributed by atoms with Gasteiger partial charge in [-0.1, -0.05) is 30.3 Å². The van der Waals surface area contributed by atoms with Gasteiger partial charge in [-0.05, 0) is 49.4 Å². The molecule has 2 saturated heterocycles. The highest BCUT2D eigenvalue weighted by molar-refractivity contribution is 5.82. The third kappa shape index (κ3) is 2.90. The number of hydrogen-bond acceptors (Lipinski definition) is 4. The molecule has 3 heterocycles. The summed E-state index contributed by atoms with van der Waals surface area (Å²) in [5.74, 6) is 0.777. The van der Waals surface area contributed by atoms with E-state index >= 15 is 0 Å². The van der Waals surface area contributed by atoms with E-state index in [0.29, 0.717) is 23.2 Å². The Bertz CT molecular complexity index is 983. The van der Waals surface area contributed by atoms with Crippen molar-refractivity contribution < 1.29 is 9.15 Å². The molecule has 0 spiro atoms. The molecule has 26 heavy (non-hydrogen) atoms. The highest BCUT2D eigenvalue weighted by Crippen LogP contribution is 2.31. The molecule has 2 aromatic carbocycles. The molecule has 5 rings (SSSR count). The first-order chi connectivity index (χ1) is 12.7. The molecule has 132 valence electrons. The summed E-state index contributed by atoms with van der Waals surface area (Å²) in [6.45, 7) is 0. The Balaban J connectivity index is 1.44. The number of rotatable bonds is 3. The minimum Gasteiger partial charge on any atom is -0.490 e. The number of ether oxygens (including phenoxy) is 1. The second-order valence-corrected chi connectivity index (χ2v) is 7.36. The fourth-order valence-corrected chi connectivity index (χ4v) is 4.28. The van der Waals surface area contributed by atoms with Crippen LogP contribution in [0.15, 0.2) is 63.8 Å². The highest BCUT2D eigenvalue weighted by Gasteiger charge is 2.34. The molecule has 3 atom stereocenters. The maximum absolute atomic E-state index is 12.4. The smallest absolute Gasteiger partial charge is 0.344 e. The lowest BCUT2D eigenvalue weighted by molar-refractivity contribution is 0.137. The summed E-state index contributed by atoms with van der Waals surface area (Å²) >= 11 is 0. The van der Waals surface area contributed by atoms with Gasteiger partial charge in [0.1, 0.15) is 17.4 Å². The van der Waals surface area contributed by atoms with Gasteiger partial charge in [0, 0.05) is 23.5 Å². The molecule has 0 amide bonds. The maximum atomic E-state index is 12.4. The molecular weight excluding hydrogens is 326 g/mol. The van der Waals surface area contributed by atoms with Crippen LogP contribution in [-0.2, 0) is 0 Å². The van der Waals surface area contributed by atoms with E-state index in [0.717, 1.165) is 29.5 Å². The van der Waals surface area contributed by atoms with Crippen LogP contribution in [0.2, 0.25) is 0 Å². The predicted octanol–water partition coefficient (Wildman–Crippen LogP) is 4.12. The van der Waals surface area contributed by atoms with Gasteiger partial charge < -0.3 is 14.5 Å². The summed E-state index contributed by atoms with van der Waals surface area (Å²) in [6, 6.07) is 18.5. The van der Waals surface area contributed by atoms with Gasteiger partial charge in [0.25, 0.3) is 0 Å². The summed E-state index contributed by atoms with van der Waals surface area (Å²) in [5.41, 5.74) is 1.71. The van der Waals surface area contributed by atoms with E-state index in [-0.39, 0.29) is 11.7 Å². The summed E-state index contributed by atoms with van der Waals surface area (Å²) in [6.07, 6.45) is 4.83. The third-order valence-corrected chi connectivity index (χ3v) is 5.52. The summed E-state index contributed by atoms with van der Waals surface area (Å²) in [7, 11) is 0. The van der Waals surface area contributed by atoms with Gasteiger partial charge in [0.2, 0.25) is 0 Å². The van der Waals surface area contributed by atoms with Crippen molar-refractivity contribution >= 4 is 11.0 Å². The van der Waals surface area contributed by atoms with Crippen LogP contribution in [0.25, 0.3) is 22.1 Å². The van der Waals surface area contributed by atoms with Gasteiger partial charge in [0.05, 0.1) is 5.56 Å². The number of fused-ring (bicyclic) bond motifs is 3. The first kappa shape index (κ1) is 15.6. The number of hydrogen-bond donors (Lipinski definition) is 1. The second-order valence-electron chi connectivity index (χ2n) is 7.36. The molecule has 4 nitrogen and oxygen atoms in total. The Morgan fingerprint density at radius 2 is 1.73 bits per heavy atom. The van der Waals surface area contributed by atoms with Gasteiger partial charge in [-0.25, -0.2) is 4.79 Å². The molecule has 1 N–H and O–H groups in total. The van der Waals surface area contributed by atoms with Crippen molar-refractivity contribution in [3.05, 3.63) is 65.0 Å². The first-order valence-electron chi connectivity index (χ1n) is 9.31. The van der Waals surface area contributed by atoms with Crippen LogP contribution >= 0.6 is 0 Å². The van der Waals surface area contributed by atoms with Crippen molar-refractivity contribution in [1.29, 1.82) is 0 Å². The Hall–Kier alpha value is -2.59. The van der Waals surface area contributed by atoms with Crippen molar-refractivity contribution in [3.8, 4) is 16.9 Å². The number of benzene rings is 2. The van der Waals surface area contributed by atoms with Crippen molar-refractivity contribution in [3.63, 3.8) is 0 Å². The van der Waals surface area contributed by atoms with Gasteiger partial charge in [-0.15, -0.1) is 0 Å². The molecule has 2 aliphatic rings. The van der Waals surface area contributed by atoms with Crippen LogP contribution in [0.3, 0.4) is 0 Å². The second kappa shape index (κ2) is 6.29. The highest BCUT2D eigenvalue weighted by atomic mass is 16.5. The third-order valence-electron chi connectivity index (χ3n) is 5.52. The standard InChI is InChI=1S/C22H21NO3/c24-22-20(14-4-2-1-3-5-14)10-15-6-9-18(13-21(15)26-22)25-19-11-16-7-8-17(12-19)23-16/h1-6,9-10,13,16-17,19,23H,7-8,11-12H2/t16-,17+,19-. The van der Waals surface area contributed by atoms with Crippen LogP contribution in [0.4, 0.5) is 0 Å². The van der Waals surface area contributed by atoms with E-state index in [4.69, 9.17) is 9.15 Å². The van der Waals surface area contributed by atoms with Crippen LogP contribution in [-0.4, -0.2) is 18.2 Å². The maximum Gasteiger partial charge on any atom is 0.344 e. The molecule has 0 radical (unpaired) electrons. The van der Waals surface area contributed by atoms with E-state index in [2.05, 4.69) is 5.32 Å². The molecule has 0 saturated carbocycles. The fourth-order valence-electron chi connectivity index (χ4n) is 4.28. The topological polar surface area (TPSA) is 51.5 Å². The quantitative estimate of drug-likeness (QED) is 0.724. The Morgan fingerprint density at radius 3 is 2.50 bits per heavy atom. The first-order valence-corrected chi connectivity index (χ1v) is 9.31. The summed E-state index contributed by atoms with van der Waals surface area (Å²) < 4.78 is 11.8. The molecule has 2 fully saturated rings. The average Bonchev–Trinajstić information content (AvgIpc) is 3.00. The molecule has 2 bridgehead atoms. The van der Waals surface area contributed by atoms with Crippen LogP contribution in [0.5, 0.6) is 5.75 Å². The van der Waals surface area contributed by atoms with Crippen LogP contribution in [0.1, 0.15) is 25.7 Å². The monoisotopic (exact) mass is 347 g/mol. The molecule has 4 heteroatoms. The largest absolute Gasteiger partial charge is 0.490 e. The predicted molar refractivity (Wildman–Crippen MR) is 102 cm³/mol. The lowest BCUT2D eigenvalue weighted by Crippen LogP contribution is -2.42. The molecule has 0 aliphatic carbocycles. The molecule has 0 unspecified atom stereocenters. The number of nitrogens with one attached hydrogen (secondary N) is 1. The van der Waals surface area contributed by atoms with E-state index < -0.39 is 0 Å². The molecule has 1 aromatic heterocycles. The van der Waals surface area contributed by atoms with E-state index in [9.17, 15) is 4.79 Å². The Labute approximate surface area is 151 Å². The normalized spacial score (nSPS) is 24.7. The lowest BCUT2D eigenvalue weighted by atomic mass is 10.0. The van der Waals surface area contributed by atoms with Crippen molar-refractivity contribution in [1.82, 2.24) is 5.32 Å². The van der Waals surface area contributed by atoms with Gasteiger partial charge in [-0.3, -0.25) is 0 Å². The average molecular weight is 347 g/mol. The van der Waals surface area contributed by atoms with Crippen LogP contribution in [0, 0.1) is 0 Å². The van der Waals surface area contributed by atoms with Gasteiger partial charge in [-0.2, -0.15) is 0 Å². The fraction of sp³-hybridized carbons (Fsp3) is 0.318. The SMILES string of the molecule is O=c1oc2cc(O[C@@H]3C[C@H]4CC[C@@H](C3)N4)ccc2cc1-c1ccccc1. The zero-order valence-electron chi connectivity index (χ0n) is 14.5. The minimum absolute atomic E-state index is 0.238. The van der Waals surface area contributed by atoms with Crippen molar-refractivity contribution in [2.75, 3.05) is 0 Å². The minimum atomic E-state index is -0.319. The molecule has 3 aromatic rings. The molecular formula is C22H21NO3. The summed E-state index contributed by atoms with van der Waals surface area (Å²) in [4.78, 5) is 12.4. The zero-order valence-corrected chi connectivity index (χ0v) is 14.5. The molecule has 2 aliphatic heterocycles. The van der Waals surface area contributed by atoms with Gasteiger partial charge >= 0.3 is 5.63 Å². The van der Waals surface area contributed by atoms with Gasteiger partial charge in [0.15, 0.2) is 0 Å². The van der Waals surface area contributed by atoms with E-state index in [1.807, 2.05) is 54.6 Å². The summed E-state index contributed by atoms with van der Waals surface area (Å²) in [5, 5.41) is 4.53.